The van der Waals surface area contributed by atoms with Gasteiger partial charge < -0.3 is 5.73 Å². The van der Waals surface area contributed by atoms with Crippen LogP contribution in [0.4, 0.5) is 0 Å². The lowest BCUT2D eigenvalue weighted by Crippen LogP contribution is -2.04. The predicted octanol–water partition coefficient (Wildman–Crippen LogP) is -0.602. The van der Waals surface area contributed by atoms with Gasteiger partial charge in [0.2, 0.25) is 0 Å². The summed E-state index contributed by atoms with van der Waals surface area (Å²) in [6.07, 6.45) is 0. The van der Waals surface area contributed by atoms with Gasteiger partial charge in [0.1, 0.15) is 10.2 Å². The Hall–Kier alpha value is 0.107. The average Bonchev–Trinajstić information content (AvgIpc) is 0.811. The summed E-state index contributed by atoms with van der Waals surface area (Å²) >= 11 is 4.23. The summed E-state index contributed by atoms with van der Waals surface area (Å²) in [4.78, 5) is 0. The van der Waals surface area contributed by atoms with Crippen molar-refractivity contribution in [1.82, 2.24) is 0 Å². The SMILES string of the molecule is NC([Si])=S. The highest BCUT2D eigenvalue weighted by atomic mass is 32.1. The second-order valence-corrected chi connectivity index (χ2v) is 1.71. The predicted molar refractivity (Wildman–Crippen MR) is 22.5 cm³/mol. The maximum atomic E-state index is 4.76. The van der Waals surface area contributed by atoms with Gasteiger partial charge in [-0.15, -0.1) is 0 Å². The molecule has 21 valence electrons. The Labute approximate surface area is 33.6 Å². The molecule has 0 rings (SSSR count). The molecule has 0 aliphatic rings. The summed E-state index contributed by atoms with van der Waals surface area (Å²) in [5.41, 5.74) is 4.76. The van der Waals surface area contributed by atoms with Crippen molar-refractivity contribution in [2.75, 3.05) is 0 Å². The van der Waals surface area contributed by atoms with Crippen LogP contribution in [-0.4, -0.2) is 14.9 Å². The number of hydrogen-bond acceptors (Lipinski definition) is 1. The van der Waals surface area contributed by atoms with E-state index in [-0.39, 0.29) is 0 Å². The zero-order chi connectivity index (χ0) is 3.58. The fraction of sp³-hybridized carbons (Fsp3) is 0. The molecule has 4 heavy (non-hydrogen) atoms. The van der Waals surface area contributed by atoms with E-state index >= 15 is 0 Å². The Kier molecular flexibility index (Phi) is 1.47. The van der Waals surface area contributed by atoms with Crippen molar-refractivity contribution in [3.8, 4) is 0 Å². The molecule has 0 aromatic carbocycles. The van der Waals surface area contributed by atoms with Crippen molar-refractivity contribution in [1.29, 1.82) is 0 Å². The Morgan fingerprint density at radius 3 is 2.00 bits per heavy atom. The van der Waals surface area contributed by atoms with E-state index in [9.17, 15) is 0 Å². The van der Waals surface area contributed by atoms with Gasteiger partial charge in [0.25, 0.3) is 0 Å². The van der Waals surface area contributed by atoms with E-state index in [1.807, 2.05) is 0 Å². The number of hydrogen-bond donors (Lipinski definition) is 1. The molecule has 0 aliphatic carbocycles. The van der Waals surface area contributed by atoms with Gasteiger partial charge in [-0.25, -0.2) is 0 Å². The van der Waals surface area contributed by atoms with Crippen LogP contribution in [0, 0.1) is 0 Å². The molecule has 0 unspecified atom stereocenters. The van der Waals surface area contributed by atoms with Crippen molar-refractivity contribution in [3.05, 3.63) is 0 Å². The first-order chi connectivity index (χ1) is 1.73. The van der Waals surface area contributed by atoms with E-state index in [1.165, 1.54) is 0 Å². The molecule has 3 radical (unpaired) electrons. The third-order valence-electron chi connectivity index (χ3n) is 0. The van der Waals surface area contributed by atoms with Crippen LogP contribution in [0.15, 0.2) is 0 Å². The van der Waals surface area contributed by atoms with Crippen LogP contribution in [0.3, 0.4) is 0 Å². The molecule has 0 aromatic heterocycles. The first kappa shape index (κ1) is 4.11. The third-order valence-corrected chi connectivity index (χ3v) is 0. The summed E-state index contributed by atoms with van der Waals surface area (Å²) in [6, 6.07) is 0. The molecule has 0 fully saturated rings. The van der Waals surface area contributed by atoms with Crippen LogP contribution >= 0.6 is 12.2 Å². The standard InChI is InChI=1S/CH2NSSi/c2-1(3)4/h(H2,2,3). The monoisotopic (exact) mass is 88.0 g/mol. The van der Waals surface area contributed by atoms with E-state index in [1.54, 1.807) is 0 Å². The normalized spacial score (nSPS) is 6.25. The van der Waals surface area contributed by atoms with E-state index in [2.05, 4.69) is 22.5 Å². The lowest BCUT2D eigenvalue weighted by molar-refractivity contribution is 1.90. The molecular weight excluding hydrogens is 86.2 g/mol. The lowest BCUT2D eigenvalue weighted by atomic mass is 11.5. The molecule has 0 amide bonds. The molecule has 0 saturated heterocycles. The van der Waals surface area contributed by atoms with Gasteiger partial charge in [0, 0.05) is 4.61 Å². The summed E-state index contributed by atoms with van der Waals surface area (Å²) in [5.74, 6) is 0. The van der Waals surface area contributed by atoms with Gasteiger partial charge in [-0.2, -0.15) is 0 Å². The second kappa shape index (κ2) is 1.43. The Balaban J connectivity index is 2.80. The molecule has 0 bridgehead atoms. The largest absolute Gasteiger partial charge is 0.398 e. The van der Waals surface area contributed by atoms with Crippen LogP contribution in [0.5, 0.6) is 0 Å². The molecule has 0 atom stereocenters. The van der Waals surface area contributed by atoms with Gasteiger partial charge in [-0.3, -0.25) is 0 Å². The number of nitrogens with two attached hydrogens (primary N) is 1. The summed E-state index contributed by atoms with van der Waals surface area (Å²) in [5, 5.41) is 0. The molecular formula is CH2NSSi. The zero-order valence-corrected chi connectivity index (χ0v) is 3.80. The van der Waals surface area contributed by atoms with Crippen LogP contribution < -0.4 is 5.73 Å². The smallest absolute Gasteiger partial charge is 0.112 e. The summed E-state index contributed by atoms with van der Waals surface area (Å²) < 4.78 is 0.306. The fourth-order valence-corrected chi connectivity index (χ4v) is 0. The van der Waals surface area contributed by atoms with Crippen molar-refractivity contribution in [2.45, 2.75) is 0 Å². The van der Waals surface area contributed by atoms with E-state index in [0.717, 1.165) is 0 Å². The maximum Gasteiger partial charge on any atom is 0.112 e. The molecule has 3 heteroatoms. The highest BCUT2D eigenvalue weighted by molar-refractivity contribution is 7.82. The fourth-order valence-electron chi connectivity index (χ4n) is 0. The second-order valence-electron chi connectivity index (χ2n) is 0.364. The lowest BCUT2D eigenvalue weighted by Gasteiger charge is -1.64. The quantitative estimate of drug-likeness (QED) is 0.316. The van der Waals surface area contributed by atoms with Gasteiger partial charge in [0.05, 0.1) is 0 Å². The van der Waals surface area contributed by atoms with Gasteiger partial charge >= 0.3 is 0 Å². The van der Waals surface area contributed by atoms with Gasteiger partial charge in [-0.05, 0) is 0 Å². The number of rotatable bonds is 0. The van der Waals surface area contributed by atoms with Crippen molar-refractivity contribution in [2.24, 2.45) is 5.73 Å². The molecule has 0 saturated carbocycles. The average molecular weight is 88.2 g/mol. The van der Waals surface area contributed by atoms with E-state index in [4.69, 9.17) is 5.73 Å². The van der Waals surface area contributed by atoms with Crippen molar-refractivity contribution >= 4 is 27.1 Å². The third kappa shape index (κ3) is 226. The molecule has 2 N–H and O–H groups in total. The molecule has 0 aliphatic heterocycles. The minimum atomic E-state index is 0.306. The highest BCUT2D eigenvalue weighted by Crippen LogP contribution is 1.38. The Morgan fingerprint density at radius 1 is 2.00 bits per heavy atom. The van der Waals surface area contributed by atoms with Gasteiger partial charge in [0.15, 0.2) is 0 Å². The number of thiocarbonyl (C=S) groups is 1. The Bertz CT molecular complexity index is 31.0. The van der Waals surface area contributed by atoms with Crippen LogP contribution in [0.25, 0.3) is 0 Å². The summed E-state index contributed by atoms with van der Waals surface area (Å²) in [7, 11) is 2.82. The topological polar surface area (TPSA) is 26.0 Å². The van der Waals surface area contributed by atoms with Gasteiger partial charge in [-0.1, -0.05) is 12.2 Å². The molecule has 0 spiro atoms. The van der Waals surface area contributed by atoms with E-state index < -0.39 is 0 Å². The summed E-state index contributed by atoms with van der Waals surface area (Å²) in [6.45, 7) is 0. The van der Waals surface area contributed by atoms with Crippen LogP contribution in [0.2, 0.25) is 0 Å². The minimum Gasteiger partial charge on any atom is -0.398 e. The zero-order valence-electron chi connectivity index (χ0n) is 1.99. The van der Waals surface area contributed by atoms with E-state index in [0.29, 0.717) is 4.61 Å². The molecule has 0 aromatic rings. The van der Waals surface area contributed by atoms with Crippen LogP contribution in [0.1, 0.15) is 0 Å². The van der Waals surface area contributed by atoms with Crippen molar-refractivity contribution < 1.29 is 0 Å². The maximum absolute atomic E-state index is 4.76. The van der Waals surface area contributed by atoms with Crippen molar-refractivity contribution in [3.63, 3.8) is 0 Å². The Morgan fingerprint density at radius 2 is 2.00 bits per heavy atom. The minimum absolute atomic E-state index is 0.306. The highest BCUT2D eigenvalue weighted by Gasteiger charge is 1.56. The molecule has 1 nitrogen and oxygen atoms in total. The van der Waals surface area contributed by atoms with Crippen LogP contribution in [-0.2, 0) is 0 Å². The first-order valence-electron chi connectivity index (χ1n) is 0.743. The molecule has 0 heterocycles. The first-order valence-corrected chi connectivity index (χ1v) is 1.65.